The minimum Gasteiger partial charge on any atom is -0.393 e. The van der Waals surface area contributed by atoms with Crippen LogP contribution in [0.15, 0.2) is 48.1 Å². The number of fused-ring (bicyclic) bond motifs is 6. The number of ketones is 1. The van der Waals surface area contributed by atoms with E-state index >= 15 is 0 Å². The summed E-state index contributed by atoms with van der Waals surface area (Å²) in [6.45, 7) is 6.07. The number of carbonyl (C=O) groups excluding carboxylic acids is 2. The molecule has 3 saturated carbocycles. The van der Waals surface area contributed by atoms with Crippen LogP contribution in [0.1, 0.15) is 46.5 Å². The number of aliphatic hydroxyl groups excluding tert-OH is 1. The number of carbonyl (C=O) groups is 2. The summed E-state index contributed by atoms with van der Waals surface area (Å²) in [5.41, 5.74) is -0.0287. The molecule has 1 amide bonds. The molecule has 7 nitrogen and oxygen atoms in total. The molecule has 7 heteroatoms. The predicted molar refractivity (Wildman–Crippen MR) is 137 cm³/mol. The Kier molecular flexibility index (Phi) is 5.00. The Bertz CT molecular complexity index is 1340. The molecule has 0 saturated heterocycles. The summed E-state index contributed by atoms with van der Waals surface area (Å²) in [6.07, 6.45) is 7.36. The van der Waals surface area contributed by atoms with Crippen molar-refractivity contribution in [2.45, 2.75) is 58.2 Å². The van der Waals surface area contributed by atoms with E-state index in [9.17, 15) is 19.8 Å². The number of imidazole rings is 1. The van der Waals surface area contributed by atoms with Gasteiger partial charge in [0, 0.05) is 23.8 Å². The van der Waals surface area contributed by atoms with E-state index < -0.39 is 23.0 Å². The van der Waals surface area contributed by atoms with Gasteiger partial charge in [0.15, 0.2) is 11.4 Å². The topological polar surface area (TPSA) is 104 Å². The van der Waals surface area contributed by atoms with Gasteiger partial charge in [-0.1, -0.05) is 44.6 Å². The Labute approximate surface area is 211 Å². The maximum absolute atomic E-state index is 13.9. The van der Waals surface area contributed by atoms with E-state index in [4.69, 9.17) is 0 Å². The van der Waals surface area contributed by atoms with Gasteiger partial charge < -0.3 is 14.8 Å². The number of aryl methyl sites for hydroxylation is 1. The van der Waals surface area contributed by atoms with Crippen molar-refractivity contribution < 1.29 is 19.8 Å². The van der Waals surface area contributed by atoms with Crippen molar-refractivity contribution in [3.05, 3.63) is 48.1 Å². The van der Waals surface area contributed by atoms with E-state index in [2.05, 4.69) is 17.2 Å². The number of benzene rings is 1. The Hall–Kier alpha value is -2.77. The Morgan fingerprint density at radius 1 is 1.25 bits per heavy atom. The number of rotatable bonds is 2. The van der Waals surface area contributed by atoms with Crippen molar-refractivity contribution in [3.63, 3.8) is 0 Å². The average molecular weight is 490 g/mol. The molecule has 4 aliphatic carbocycles. The Balaban J connectivity index is 1.35. The maximum atomic E-state index is 13.9. The number of anilines is 1. The van der Waals surface area contributed by atoms with Crippen LogP contribution in [0.2, 0.25) is 0 Å². The molecule has 1 aromatic heterocycles. The maximum Gasteiger partial charge on any atom is 0.259 e. The molecule has 1 aromatic carbocycles. The quantitative estimate of drug-likeness (QED) is 0.596. The predicted octanol–water partition coefficient (Wildman–Crippen LogP) is 3.77. The molecule has 1 heterocycles. The van der Waals surface area contributed by atoms with E-state index in [1.54, 1.807) is 12.2 Å². The number of hydrogen-bond donors (Lipinski definition) is 3. The average Bonchev–Trinajstić information content (AvgIpc) is 3.25. The van der Waals surface area contributed by atoms with Crippen LogP contribution in [-0.4, -0.2) is 43.2 Å². The van der Waals surface area contributed by atoms with Crippen LogP contribution in [-0.2, 0) is 16.6 Å². The summed E-state index contributed by atoms with van der Waals surface area (Å²) in [6, 6.07) is 7.67. The molecule has 190 valence electrons. The van der Waals surface area contributed by atoms with Crippen LogP contribution in [0.25, 0.3) is 11.0 Å². The molecular weight excluding hydrogens is 454 g/mol. The number of para-hydroxylation sites is 2. The molecule has 4 aliphatic rings. The van der Waals surface area contributed by atoms with Gasteiger partial charge in [0.25, 0.3) is 5.91 Å². The highest BCUT2D eigenvalue weighted by atomic mass is 16.3. The number of allylic oxidation sites excluding steroid dienone is 4. The van der Waals surface area contributed by atoms with Gasteiger partial charge in [-0.25, -0.2) is 4.98 Å². The van der Waals surface area contributed by atoms with E-state index in [0.717, 1.165) is 29.4 Å². The molecular formula is C29H35N3O4. The van der Waals surface area contributed by atoms with Gasteiger partial charge >= 0.3 is 0 Å². The van der Waals surface area contributed by atoms with Gasteiger partial charge in [-0.15, -0.1) is 0 Å². The number of aromatic nitrogens is 2. The van der Waals surface area contributed by atoms with Gasteiger partial charge in [-0.3, -0.25) is 14.9 Å². The Morgan fingerprint density at radius 2 is 2.00 bits per heavy atom. The van der Waals surface area contributed by atoms with Crippen LogP contribution >= 0.6 is 0 Å². The summed E-state index contributed by atoms with van der Waals surface area (Å²) >= 11 is 0. The molecule has 3 fully saturated rings. The van der Waals surface area contributed by atoms with Gasteiger partial charge in [0.1, 0.15) is 0 Å². The number of nitrogens with one attached hydrogen (secondary N) is 1. The number of hydrogen-bond acceptors (Lipinski definition) is 5. The van der Waals surface area contributed by atoms with E-state index in [1.807, 2.05) is 55.8 Å². The fourth-order valence-electron chi connectivity index (χ4n) is 8.60. The number of nitrogens with zero attached hydrogens (tertiary/aromatic N) is 2. The monoisotopic (exact) mass is 489 g/mol. The zero-order chi connectivity index (χ0) is 25.6. The van der Waals surface area contributed by atoms with Crippen LogP contribution in [0, 0.1) is 34.5 Å². The smallest absolute Gasteiger partial charge is 0.259 e. The number of amides is 1. The van der Waals surface area contributed by atoms with Crippen molar-refractivity contribution in [2.24, 2.45) is 41.5 Å². The molecule has 8 atom stereocenters. The fraction of sp³-hybridized carbons (Fsp3) is 0.552. The highest BCUT2D eigenvalue weighted by Gasteiger charge is 2.70. The van der Waals surface area contributed by atoms with Crippen molar-refractivity contribution in [3.8, 4) is 0 Å². The lowest BCUT2D eigenvalue weighted by Gasteiger charge is -2.59. The lowest BCUT2D eigenvalue weighted by molar-refractivity contribution is -0.179. The Morgan fingerprint density at radius 3 is 2.75 bits per heavy atom. The largest absolute Gasteiger partial charge is 0.393 e. The van der Waals surface area contributed by atoms with Gasteiger partial charge in [-0.2, -0.15) is 0 Å². The van der Waals surface area contributed by atoms with E-state index in [-0.39, 0.29) is 34.9 Å². The van der Waals surface area contributed by atoms with Crippen LogP contribution < -0.4 is 5.32 Å². The third kappa shape index (κ3) is 2.90. The normalized spacial score (nSPS) is 41.4. The van der Waals surface area contributed by atoms with Crippen LogP contribution in [0.3, 0.4) is 0 Å². The minimum atomic E-state index is -1.64. The molecule has 6 rings (SSSR count). The lowest BCUT2D eigenvalue weighted by Crippen LogP contribution is -2.63. The third-order valence-electron chi connectivity index (χ3n) is 10.4. The van der Waals surface area contributed by atoms with Gasteiger partial charge in [-0.05, 0) is 67.7 Å². The minimum absolute atomic E-state index is 0.0125. The second kappa shape index (κ2) is 7.62. The SMILES string of the molecule is C[C@@H]1CC2C3CCC4=CC(=O)C=CC4(C)C3C(O)CC2(C)[C@@]1(O)C(=O)Nc1nc2ccccc2n1C. The zero-order valence-electron chi connectivity index (χ0n) is 21.4. The van der Waals surface area contributed by atoms with Gasteiger partial charge in [0.2, 0.25) is 5.95 Å². The number of aliphatic hydroxyl groups is 2. The molecule has 0 aliphatic heterocycles. The van der Waals surface area contributed by atoms with Crippen LogP contribution in [0.5, 0.6) is 0 Å². The van der Waals surface area contributed by atoms with Crippen molar-refractivity contribution >= 4 is 28.7 Å². The zero-order valence-corrected chi connectivity index (χ0v) is 21.4. The molecule has 0 radical (unpaired) electrons. The summed E-state index contributed by atoms with van der Waals surface area (Å²) in [7, 11) is 1.85. The highest BCUT2D eigenvalue weighted by molar-refractivity contribution is 6.01. The molecule has 0 spiro atoms. The summed E-state index contributed by atoms with van der Waals surface area (Å²) < 4.78 is 1.83. The molecule has 6 unspecified atom stereocenters. The van der Waals surface area contributed by atoms with Crippen molar-refractivity contribution in [1.29, 1.82) is 0 Å². The van der Waals surface area contributed by atoms with Crippen molar-refractivity contribution in [1.82, 2.24) is 9.55 Å². The van der Waals surface area contributed by atoms with Crippen LogP contribution in [0.4, 0.5) is 5.95 Å². The standard InChI is InChI=1S/C29H35N3O4/c1-16-13-20-19-10-9-17-14-18(33)11-12-27(17,2)24(19)23(34)15-28(20,3)29(16,36)25(35)31-26-30-21-7-5-6-8-22(21)32(26)4/h5-8,11-12,14,16,19-20,23-24,34,36H,9-10,13,15H2,1-4H3,(H,30,31,35)/t16-,19?,20?,23?,24?,27?,28?,29+/m1/s1. The third-order valence-corrected chi connectivity index (χ3v) is 10.4. The molecule has 0 bridgehead atoms. The van der Waals surface area contributed by atoms with Gasteiger partial charge in [0.05, 0.1) is 17.1 Å². The first-order valence-electron chi connectivity index (χ1n) is 13.1. The summed E-state index contributed by atoms with van der Waals surface area (Å²) in [5, 5.41) is 26.8. The summed E-state index contributed by atoms with van der Waals surface area (Å²) in [4.78, 5) is 30.5. The first kappa shape index (κ1) is 23.6. The molecule has 2 aromatic rings. The first-order chi connectivity index (χ1) is 17.0. The highest BCUT2D eigenvalue weighted by Crippen LogP contribution is 2.68. The second-order valence-corrected chi connectivity index (χ2v) is 12.1. The molecule has 3 N–H and O–H groups in total. The summed E-state index contributed by atoms with van der Waals surface area (Å²) in [5.74, 6) is -0.118. The second-order valence-electron chi connectivity index (χ2n) is 12.1. The molecule has 36 heavy (non-hydrogen) atoms. The fourth-order valence-corrected chi connectivity index (χ4v) is 8.60. The van der Waals surface area contributed by atoms with E-state index in [0.29, 0.717) is 18.8 Å². The van der Waals surface area contributed by atoms with Crippen molar-refractivity contribution in [2.75, 3.05) is 5.32 Å². The lowest BCUT2D eigenvalue weighted by atomic mass is 9.46. The van der Waals surface area contributed by atoms with E-state index in [1.165, 1.54) is 0 Å². The first-order valence-corrected chi connectivity index (χ1v) is 13.1.